The van der Waals surface area contributed by atoms with Crippen molar-refractivity contribution in [2.24, 2.45) is 0 Å². The molecule has 0 amide bonds. The Labute approximate surface area is 78.4 Å². The van der Waals surface area contributed by atoms with E-state index in [2.05, 4.69) is 4.98 Å². The Morgan fingerprint density at radius 1 is 1.54 bits per heavy atom. The first-order chi connectivity index (χ1) is 6.18. The van der Waals surface area contributed by atoms with Gasteiger partial charge in [-0.25, -0.2) is 9.78 Å². The number of carboxylic acid groups (broad SMARTS) is 1. The van der Waals surface area contributed by atoms with Gasteiger partial charge in [0.25, 0.3) is 0 Å². The van der Waals surface area contributed by atoms with Gasteiger partial charge in [0, 0.05) is 6.20 Å². The van der Waals surface area contributed by atoms with Crippen molar-refractivity contribution in [3.63, 3.8) is 0 Å². The highest BCUT2D eigenvalue weighted by Crippen LogP contribution is 2.14. The summed E-state index contributed by atoms with van der Waals surface area (Å²) < 4.78 is 1.57. The molecule has 0 radical (unpaired) electrons. The summed E-state index contributed by atoms with van der Waals surface area (Å²) in [6.07, 6.45) is 2.86. The number of rotatable bonds is 1. The van der Waals surface area contributed by atoms with E-state index >= 15 is 0 Å². The summed E-state index contributed by atoms with van der Waals surface area (Å²) in [4.78, 5) is 14.3. The number of carbonyl (C=O) groups is 1. The van der Waals surface area contributed by atoms with Crippen molar-refractivity contribution < 1.29 is 9.90 Å². The van der Waals surface area contributed by atoms with Gasteiger partial charge in [-0.1, -0.05) is 11.6 Å². The molecular formula is C8H5ClN2O2. The smallest absolute Gasteiger partial charge is 0.356 e. The molecule has 2 aromatic rings. The highest BCUT2D eigenvalue weighted by atomic mass is 35.5. The summed E-state index contributed by atoms with van der Waals surface area (Å²) >= 11 is 5.79. The second-order valence-electron chi connectivity index (χ2n) is 2.53. The number of aromatic nitrogens is 2. The Hall–Kier alpha value is -1.55. The van der Waals surface area contributed by atoms with Crippen LogP contribution in [0, 0.1) is 0 Å². The maximum atomic E-state index is 10.6. The molecule has 2 aromatic heterocycles. The Morgan fingerprint density at radius 3 is 3.00 bits per heavy atom. The molecule has 0 saturated carbocycles. The third-order valence-corrected chi connectivity index (χ3v) is 2.01. The second-order valence-corrected chi connectivity index (χ2v) is 2.92. The van der Waals surface area contributed by atoms with Gasteiger partial charge >= 0.3 is 5.97 Å². The number of nitrogens with zero attached hydrogens (tertiary/aromatic N) is 2. The van der Waals surface area contributed by atoms with Crippen LogP contribution in [0.3, 0.4) is 0 Å². The van der Waals surface area contributed by atoms with Gasteiger partial charge in [-0.05, 0) is 12.1 Å². The molecule has 0 saturated heterocycles. The fraction of sp³-hybridized carbons (Fsp3) is 0. The Bertz CT molecular complexity index is 478. The Balaban J connectivity index is 2.72. The molecule has 0 aromatic carbocycles. The van der Waals surface area contributed by atoms with Crippen LogP contribution in [0.15, 0.2) is 24.5 Å². The van der Waals surface area contributed by atoms with Gasteiger partial charge in [-0.2, -0.15) is 0 Å². The first-order valence-corrected chi connectivity index (χ1v) is 3.92. The van der Waals surface area contributed by atoms with Gasteiger partial charge in [0.1, 0.15) is 5.15 Å². The summed E-state index contributed by atoms with van der Waals surface area (Å²) in [6, 6.07) is 3.45. The molecule has 0 unspecified atom stereocenters. The third kappa shape index (κ3) is 1.25. The summed E-state index contributed by atoms with van der Waals surface area (Å²) in [5, 5.41) is 9.13. The van der Waals surface area contributed by atoms with Crippen LogP contribution in [0.2, 0.25) is 5.15 Å². The van der Waals surface area contributed by atoms with E-state index in [-0.39, 0.29) is 5.69 Å². The van der Waals surface area contributed by atoms with Crippen LogP contribution in [0.4, 0.5) is 0 Å². The van der Waals surface area contributed by atoms with E-state index in [4.69, 9.17) is 16.7 Å². The fourth-order valence-electron chi connectivity index (χ4n) is 1.08. The molecule has 0 fully saturated rings. The van der Waals surface area contributed by atoms with E-state index in [1.165, 1.54) is 12.4 Å². The molecule has 4 nitrogen and oxygen atoms in total. The SMILES string of the molecule is O=C(O)c1cn2c(Cl)ccc2cn1. The van der Waals surface area contributed by atoms with Gasteiger partial charge in [0.15, 0.2) is 5.69 Å². The largest absolute Gasteiger partial charge is 0.476 e. The van der Waals surface area contributed by atoms with Crippen LogP contribution in [0.1, 0.15) is 10.5 Å². The molecule has 1 N–H and O–H groups in total. The topological polar surface area (TPSA) is 54.6 Å². The molecule has 0 aliphatic carbocycles. The molecule has 2 rings (SSSR count). The van der Waals surface area contributed by atoms with Crippen molar-refractivity contribution in [2.75, 3.05) is 0 Å². The first-order valence-electron chi connectivity index (χ1n) is 3.54. The lowest BCUT2D eigenvalue weighted by Gasteiger charge is -1.97. The normalized spacial score (nSPS) is 10.5. The summed E-state index contributed by atoms with van der Waals surface area (Å²) in [6.45, 7) is 0. The summed E-state index contributed by atoms with van der Waals surface area (Å²) in [5.41, 5.74) is 0.751. The van der Waals surface area contributed by atoms with Gasteiger partial charge in [-0.3, -0.25) is 0 Å². The lowest BCUT2D eigenvalue weighted by Crippen LogP contribution is -2.01. The number of halogens is 1. The van der Waals surface area contributed by atoms with Crippen LogP contribution < -0.4 is 0 Å². The lowest BCUT2D eigenvalue weighted by atomic mass is 10.4. The van der Waals surface area contributed by atoms with Crippen molar-refractivity contribution in [3.8, 4) is 0 Å². The molecule has 13 heavy (non-hydrogen) atoms. The number of hydrogen-bond acceptors (Lipinski definition) is 2. The van der Waals surface area contributed by atoms with Crippen LogP contribution in [0.5, 0.6) is 0 Å². The first kappa shape index (κ1) is 8.07. The van der Waals surface area contributed by atoms with E-state index < -0.39 is 5.97 Å². The number of carboxylic acids is 1. The molecule has 2 heterocycles. The van der Waals surface area contributed by atoms with E-state index in [1.807, 2.05) is 0 Å². The Kier molecular flexibility index (Phi) is 1.70. The molecular weight excluding hydrogens is 192 g/mol. The zero-order valence-corrected chi connectivity index (χ0v) is 7.19. The zero-order valence-electron chi connectivity index (χ0n) is 6.44. The number of fused-ring (bicyclic) bond motifs is 1. The van der Waals surface area contributed by atoms with Crippen molar-refractivity contribution in [1.29, 1.82) is 0 Å². The molecule has 0 aliphatic rings. The summed E-state index contributed by atoms with van der Waals surface area (Å²) in [7, 11) is 0. The molecule has 0 spiro atoms. The van der Waals surface area contributed by atoms with Crippen LogP contribution in [0.25, 0.3) is 5.52 Å². The van der Waals surface area contributed by atoms with Crippen molar-refractivity contribution in [1.82, 2.24) is 9.38 Å². The minimum absolute atomic E-state index is 0.0226. The average molecular weight is 197 g/mol. The molecule has 5 heteroatoms. The van der Waals surface area contributed by atoms with E-state index in [0.29, 0.717) is 5.15 Å². The van der Waals surface area contributed by atoms with E-state index in [1.54, 1.807) is 16.5 Å². The number of hydrogen-bond donors (Lipinski definition) is 1. The molecule has 66 valence electrons. The van der Waals surface area contributed by atoms with Gasteiger partial charge < -0.3 is 9.51 Å². The molecule has 0 atom stereocenters. The maximum Gasteiger partial charge on any atom is 0.356 e. The predicted molar refractivity (Wildman–Crippen MR) is 47.2 cm³/mol. The highest BCUT2D eigenvalue weighted by molar-refractivity contribution is 6.30. The van der Waals surface area contributed by atoms with Crippen molar-refractivity contribution >= 4 is 23.1 Å². The molecule has 0 aliphatic heterocycles. The summed E-state index contributed by atoms with van der Waals surface area (Å²) in [5.74, 6) is -1.06. The van der Waals surface area contributed by atoms with Gasteiger partial charge in [0.2, 0.25) is 0 Å². The maximum absolute atomic E-state index is 10.6. The van der Waals surface area contributed by atoms with Crippen molar-refractivity contribution in [2.45, 2.75) is 0 Å². The van der Waals surface area contributed by atoms with Crippen LogP contribution >= 0.6 is 11.6 Å². The van der Waals surface area contributed by atoms with Crippen molar-refractivity contribution in [3.05, 3.63) is 35.4 Å². The standard InChI is InChI=1S/C8H5ClN2O2/c9-7-2-1-5-3-10-6(8(12)13)4-11(5)7/h1-4H,(H,12,13). The number of aromatic carboxylic acids is 1. The van der Waals surface area contributed by atoms with Gasteiger partial charge in [0.05, 0.1) is 11.7 Å². The quantitative estimate of drug-likeness (QED) is 0.755. The lowest BCUT2D eigenvalue weighted by molar-refractivity contribution is 0.0690. The van der Waals surface area contributed by atoms with E-state index in [9.17, 15) is 4.79 Å². The fourth-order valence-corrected chi connectivity index (χ4v) is 1.29. The third-order valence-electron chi connectivity index (χ3n) is 1.71. The van der Waals surface area contributed by atoms with Crippen LogP contribution in [-0.2, 0) is 0 Å². The minimum Gasteiger partial charge on any atom is -0.476 e. The average Bonchev–Trinajstić information content (AvgIpc) is 2.47. The van der Waals surface area contributed by atoms with E-state index in [0.717, 1.165) is 5.52 Å². The van der Waals surface area contributed by atoms with Crippen LogP contribution in [-0.4, -0.2) is 20.5 Å². The van der Waals surface area contributed by atoms with Gasteiger partial charge in [-0.15, -0.1) is 0 Å². The monoisotopic (exact) mass is 196 g/mol. The molecule has 0 bridgehead atoms. The second kappa shape index (κ2) is 2.74. The minimum atomic E-state index is -1.06. The zero-order chi connectivity index (χ0) is 9.42. The predicted octanol–water partition coefficient (Wildman–Crippen LogP) is 1.69. The Morgan fingerprint density at radius 2 is 2.31 bits per heavy atom. The highest BCUT2D eigenvalue weighted by Gasteiger charge is 2.06.